The first kappa shape index (κ1) is 24.4. The summed E-state index contributed by atoms with van der Waals surface area (Å²) in [6.45, 7) is 3.35. The number of allylic oxidation sites excluding steroid dienone is 4. The van der Waals surface area contributed by atoms with Crippen molar-refractivity contribution in [2.45, 2.75) is 89.9 Å². The quantitative estimate of drug-likeness (QED) is 0.468. The molecule has 1 unspecified atom stereocenters. The number of hydrogen-bond acceptors (Lipinski definition) is 6. The highest BCUT2D eigenvalue weighted by Crippen LogP contribution is 2.72. The molecule has 0 saturated heterocycles. The van der Waals surface area contributed by atoms with Crippen molar-refractivity contribution in [3.05, 3.63) is 23.8 Å². The third-order valence-electron chi connectivity index (χ3n) is 11.1. The molecule has 0 spiro atoms. The van der Waals surface area contributed by atoms with Gasteiger partial charge in [0.1, 0.15) is 6.61 Å². The van der Waals surface area contributed by atoms with Crippen molar-refractivity contribution < 1.29 is 30.0 Å². The van der Waals surface area contributed by atoms with Crippen LogP contribution in [0.1, 0.15) is 78.1 Å². The van der Waals surface area contributed by atoms with Crippen LogP contribution in [0.2, 0.25) is 0 Å². The topological polar surface area (TPSA) is 115 Å². The molecule has 188 valence electrons. The van der Waals surface area contributed by atoms with Gasteiger partial charge in [0, 0.05) is 17.3 Å². The molecule has 4 fully saturated rings. The van der Waals surface area contributed by atoms with Crippen molar-refractivity contribution in [3.8, 4) is 0 Å². The fourth-order valence-electron chi connectivity index (χ4n) is 9.61. The van der Waals surface area contributed by atoms with Crippen molar-refractivity contribution in [2.75, 3.05) is 6.61 Å². The summed E-state index contributed by atoms with van der Waals surface area (Å²) >= 11 is 0. The molecule has 34 heavy (non-hydrogen) atoms. The van der Waals surface area contributed by atoms with Crippen molar-refractivity contribution in [3.63, 3.8) is 0 Å². The minimum atomic E-state index is -2.22. The Morgan fingerprint density at radius 1 is 1.12 bits per heavy atom. The van der Waals surface area contributed by atoms with Crippen LogP contribution in [0.3, 0.4) is 0 Å². The van der Waals surface area contributed by atoms with E-state index in [1.807, 2.05) is 13.0 Å². The van der Waals surface area contributed by atoms with Gasteiger partial charge in [-0.1, -0.05) is 44.8 Å². The van der Waals surface area contributed by atoms with E-state index in [1.54, 1.807) is 12.2 Å². The lowest BCUT2D eigenvalue weighted by Crippen LogP contribution is -2.67. The first-order chi connectivity index (χ1) is 16.0. The van der Waals surface area contributed by atoms with Gasteiger partial charge in [-0.15, -0.1) is 0 Å². The molecule has 5 aliphatic rings. The number of Topliss-reactive ketones (excluding diaryl/α,β-unsaturated/α-hetero) is 1. The maximum absolute atomic E-state index is 13.6. The van der Waals surface area contributed by atoms with Crippen LogP contribution in [0.25, 0.3) is 0 Å². The fourth-order valence-corrected chi connectivity index (χ4v) is 9.61. The summed E-state index contributed by atoms with van der Waals surface area (Å²) in [5.74, 6) is -3.09. The van der Waals surface area contributed by atoms with E-state index in [0.29, 0.717) is 25.7 Å². The summed E-state index contributed by atoms with van der Waals surface area (Å²) in [7, 11) is 0. The zero-order valence-electron chi connectivity index (χ0n) is 20.5. The van der Waals surface area contributed by atoms with E-state index in [0.717, 1.165) is 37.7 Å². The Hall–Kier alpha value is -1.34. The smallest absolute Gasteiger partial charge is 0.178 e. The predicted octanol–water partition coefficient (Wildman–Crippen LogP) is 3.07. The Labute approximate surface area is 202 Å². The van der Waals surface area contributed by atoms with E-state index in [4.69, 9.17) is 0 Å². The van der Waals surface area contributed by atoms with Crippen LogP contribution >= 0.6 is 0 Å². The summed E-state index contributed by atoms with van der Waals surface area (Å²) < 4.78 is 0. The molecule has 5 rings (SSSR count). The molecule has 0 radical (unpaired) electrons. The Bertz CT molecular complexity index is 929. The highest BCUT2D eigenvalue weighted by molar-refractivity contribution is 6.01. The Morgan fingerprint density at radius 3 is 2.50 bits per heavy atom. The van der Waals surface area contributed by atoms with Gasteiger partial charge in [0.25, 0.3) is 0 Å². The summed E-state index contributed by atoms with van der Waals surface area (Å²) in [6, 6.07) is 0. The van der Waals surface area contributed by atoms with Gasteiger partial charge in [-0.05, 0) is 74.3 Å². The summed E-state index contributed by atoms with van der Waals surface area (Å²) in [6.07, 6.45) is 11.6. The van der Waals surface area contributed by atoms with Gasteiger partial charge >= 0.3 is 0 Å². The van der Waals surface area contributed by atoms with Crippen LogP contribution in [-0.4, -0.2) is 50.5 Å². The monoisotopic (exact) mass is 472 g/mol. The van der Waals surface area contributed by atoms with Gasteiger partial charge in [-0.3, -0.25) is 9.59 Å². The first-order valence-electron chi connectivity index (χ1n) is 13.2. The molecule has 0 heterocycles. The molecule has 0 amide bonds. The van der Waals surface area contributed by atoms with Crippen molar-refractivity contribution in [1.82, 2.24) is 0 Å². The zero-order chi connectivity index (χ0) is 24.5. The van der Waals surface area contributed by atoms with Crippen LogP contribution in [0, 0.1) is 39.9 Å². The third kappa shape index (κ3) is 3.01. The van der Waals surface area contributed by atoms with Crippen LogP contribution in [0.5, 0.6) is 0 Å². The molecule has 4 N–H and O–H groups in total. The molecule has 7 atom stereocenters. The Kier molecular flexibility index (Phi) is 5.79. The number of ketones is 2. The van der Waals surface area contributed by atoms with Crippen molar-refractivity contribution in [1.29, 1.82) is 0 Å². The average molecular weight is 473 g/mol. The second-order valence-electron chi connectivity index (χ2n) is 12.3. The molecule has 0 aromatic rings. The molecule has 6 heteroatoms. The standard InChI is InChI=1S/C28H40O6/c1-25-12-10-19(30)14-18(25)8-9-20-21-11-13-27(23(32)16-29,26(21,2)15-22(31)24(20)25)28(33,34)17-6-4-3-5-7-17/h10,12,14,17,20-22,24,29,31,33-34H,3-9,11,13,15-16H2,1-2H3/t20-,21-,22?,24+,25-,26-,27-/m0/s1. The number of carbonyl (C=O) groups excluding carboxylic acids is 2. The van der Waals surface area contributed by atoms with Crippen LogP contribution in [0.15, 0.2) is 23.8 Å². The lowest BCUT2D eigenvalue weighted by molar-refractivity contribution is -0.305. The van der Waals surface area contributed by atoms with Gasteiger partial charge in [-0.2, -0.15) is 0 Å². The average Bonchev–Trinajstić information content (AvgIpc) is 3.13. The Balaban J connectivity index is 1.58. The highest BCUT2D eigenvalue weighted by atomic mass is 16.5. The predicted molar refractivity (Wildman–Crippen MR) is 126 cm³/mol. The normalized spacial score (nSPS) is 44.8. The lowest BCUT2D eigenvalue weighted by atomic mass is 9.43. The van der Waals surface area contributed by atoms with E-state index >= 15 is 0 Å². The second-order valence-corrected chi connectivity index (χ2v) is 12.3. The van der Waals surface area contributed by atoms with E-state index in [-0.39, 0.29) is 30.0 Å². The van der Waals surface area contributed by atoms with Gasteiger partial charge in [0.05, 0.1) is 11.5 Å². The summed E-state index contributed by atoms with van der Waals surface area (Å²) in [5.41, 5.74) is -1.67. The maximum Gasteiger partial charge on any atom is 0.178 e. The molecule has 0 aromatic heterocycles. The van der Waals surface area contributed by atoms with E-state index in [9.17, 15) is 30.0 Å². The second kappa shape index (κ2) is 8.09. The van der Waals surface area contributed by atoms with E-state index in [1.165, 1.54) is 0 Å². The van der Waals surface area contributed by atoms with E-state index < -0.39 is 46.4 Å². The number of aliphatic hydroxyl groups excluding tert-OH is 2. The summed E-state index contributed by atoms with van der Waals surface area (Å²) in [5, 5.41) is 45.4. The molecule has 6 nitrogen and oxygen atoms in total. The maximum atomic E-state index is 13.6. The molecule has 5 aliphatic carbocycles. The van der Waals surface area contributed by atoms with Gasteiger partial charge in [-0.25, -0.2) is 0 Å². The fraction of sp³-hybridized carbons (Fsp3) is 0.786. The van der Waals surface area contributed by atoms with Crippen LogP contribution in [-0.2, 0) is 9.59 Å². The van der Waals surface area contributed by atoms with E-state index in [2.05, 4.69) is 6.92 Å². The first-order valence-corrected chi connectivity index (χ1v) is 13.2. The third-order valence-corrected chi connectivity index (χ3v) is 11.1. The van der Waals surface area contributed by atoms with Crippen LogP contribution in [0.4, 0.5) is 0 Å². The molecule has 0 aliphatic heterocycles. The largest absolute Gasteiger partial charge is 0.393 e. The summed E-state index contributed by atoms with van der Waals surface area (Å²) in [4.78, 5) is 25.6. The molecular weight excluding hydrogens is 432 g/mol. The van der Waals surface area contributed by atoms with Crippen molar-refractivity contribution >= 4 is 11.6 Å². The van der Waals surface area contributed by atoms with Gasteiger partial charge < -0.3 is 20.4 Å². The van der Waals surface area contributed by atoms with Crippen molar-refractivity contribution in [2.24, 2.45) is 39.9 Å². The number of rotatable bonds is 4. The number of fused-ring (bicyclic) bond motifs is 5. The van der Waals surface area contributed by atoms with Crippen LogP contribution < -0.4 is 0 Å². The molecule has 0 aromatic carbocycles. The molecule has 4 saturated carbocycles. The zero-order valence-corrected chi connectivity index (χ0v) is 20.5. The number of aliphatic hydroxyl groups is 4. The Morgan fingerprint density at radius 2 is 1.82 bits per heavy atom. The lowest BCUT2D eigenvalue weighted by Gasteiger charge is -2.62. The SMILES string of the molecule is C[C@]12C=CC(=O)C=C1CC[C@@H]1[C@@H]2C(O)C[C@@]2(C)[C@H]1CC[C@@]2(C(=O)CO)C(O)(O)C1CCCCC1. The molecular formula is C28H40O6. The van der Waals surface area contributed by atoms with Gasteiger partial charge in [0.2, 0.25) is 0 Å². The van der Waals surface area contributed by atoms with Gasteiger partial charge in [0.15, 0.2) is 17.4 Å². The number of carbonyl (C=O) groups is 2. The number of hydrogen-bond donors (Lipinski definition) is 4. The molecule has 0 bridgehead atoms. The minimum absolute atomic E-state index is 0.00712. The minimum Gasteiger partial charge on any atom is -0.393 e. The highest BCUT2D eigenvalue weighted by Gasteiger charge is 2.74.